The minimum absolute atomic E-state index is 0.0787. The van der Waals surface area contributed by atoms with Crippen LogP contribution in [-0.2, 0) is 18.4 Å². The smallest absolute Gasteiger partial charge is 0.246 e. The maximum Gasteiger partial charge on any atom is 0.246 e. The van der Waals surface area contributed by atoms with Gasteiger partial charge in [0, 0.05) is 25.1 Å². The quantitative estimate of drug-likeness (QED) is 0.924. The number of anilines is 1. The van der Waals surface area contributed by atoms with Crippen LogP contribution in [0.1, 0.15) is 11.4 Å². The maximum absolute atomic E-state index is 12.0. The zero-order valence-corrected chi connectivity index (χ0v) is 13.1. The highest BCUT2D eigenvalue weighted by Gasteiger charge is 2.11. The fourth-order valence-corrected chi connectivity index (χ4v) is 2.45. The van der Waals surface area contributed by atoms with Crippen LogP contribution in [0.5, 0.6) is 0 Å². The zero-order chi connectivity index (χ0) is 14.9. The number of aromatic nitrogens is 3. The van der Waals surface area contributed by atoms with Gasteiger partial charge in [0.1, 0.15) is 12.2 Å². The van der Waals surface area contributed by atoms with Crippen molar-refractivity contribution in [2.24, 2.45) is 7.05 Å². The van der Waals surface area contributed by atoms with E-state index >= 15 is 0 Å². The van der Waals surface area contributed by atoms with Crippen molar-refractivity contribution in [3.8, 4) is 0 Å². The van der Waals surface area contributed by atoms with Gasteiger partial charge < -0.3 is 9.88 Å². The molecule has 0 aromatic carbocycles. The Labute approximate surface area is 124 Å². The summed E-state index contributed by atoms with van der Waals surface area (Å²) in [5.41, 5.74) is 1.76. The number of carbonyl (C=O) groups excluding carboxylic acids is 1. The predicted molar refractivity (Wildman–Crippen MR) is 79.7 cm³/mol. The molecular formula is C13H15BrN4O2. The predicted octanol–water partition coefficient (Wildman–Crippen LogP) is 1.60. The fourth-order valence-electron chi connectivity index (χ4n) is 1.92. The van der Waals surface area contributed by atoms with E-state index in [-0.39, 0.29) is 23.6 Å². The number of carbonyl (C=O) groups is 1. The largest absolute Gasteiger partial charge is 0.354 e. The minimum atomic E-state index is -0.286. The lowest BCUT2D eigenvalue weighted by molar-refractivity contribution is -0.116. The summed E-state index contributed by atoms with van der Waals surface area (Å²) in [5.74, 6) is -0.286. The van der Waals surface area contributed by atoms with E-state index in [0.717, 1.165) is 11.4 Å². The fraction of sp³-hybridized carbons (Fsp3) is 0.308. The second kappa shape index (κ2) is 5.62. The third-order valence-electron chi connectivity index (χ3n) is 2.78. The normalized spacial score (nSPS) is 10.6. The molecule has 0 spiro atoms. The van der Waals surface area contributed by atoms with Crippen molar-refractivity contribution >= 4 is 27.5 Å². The number of rotatable bonds is 3. The van der Waals surface area contributed by atoms with Gasteiger partial charge in [0.2, 0.25) is 11.3 Å². The summed E-state index contributed by atoms with van der Waals surface area (Å²) < 4.78 is 3.71. The average Bonchev–Trinajstić information content (AvgIpc) is 2.64. The topological polar surface area (TPSA) is 68.9 Å². The van der Waals surface area contributed by atoms with E-state index in [2.05, 4.69) is 26.3 Å². The first-order chi connectivity index (χ1) is 9.36. The number of pyridine rings is 1. The molecular weight excluding hydrogens is 324 g/mol. The number of halogens is 1. The van der Waals surface area contributed by atoms with Crippen LogP contribution < -0.4 is 10.7 Å². The molecule has 0 saturated heterocycles. The van der Waals surface area contributed by atoms with E-state index in [4.69, 9.17) is 0 Å². The standard InChI is InChI=1S/C13H15BrN4O2/c1-8-4-9(2)18(16-8)7-12(19)15-11-6-17(3)5-10(14)13(11)20/h4-6H,7H2,1-3H3,(H,15,19). The third kappa shape index (κ3) is 3.16. The molecule has 0 atom stereocenters. The van der Waals surface area contributed by atoms with Crippen LogP contribution >= 0.6 is 15.9 Å². The minimum Gasteiger partial charge on any atom is -0.354 e. The van der Waals surface area contributed by atoms with Crippen LogP contribution in [0.3, 0.4) is 0 Å². The molecule has 0 aliphatic carbocycles. The first-order valence-electron chi connectivity index (χ1n) is 6.03. The number of nitrogens with one attached hydrogen (secondary N) is 1. The van der Waals surface area contributed by atoms with Crippen LogP contribution in [0.2, 0.25) is 0 Å². The van der Waals surface area contributed by atoms with Crippen LogP contribution in [0, 0.1) is 13.8 Å². The Morgan fingerprint density at radius 1 is 1.40 bits per heavy atom. The number of amides is 1. The van der Waals surface area contributed by atoms with E-state index in [1.807, 2.05) is 19.9 Å². The summed E-state index contributed by atoms with van der Waals surface area (Å²) in [6.07, 6.45) is 3.21. The monoisotopic (exact) mass is 338 g/mol. The summed E-state index contributed by atoms with van der Waals surface area (Å²) >= 11 is 3.17. The van der Waals surface area contributed by atoms with E-state index in [1.165, 1.54) is 0 Å². The highest BCUT2D eigenvalue weighted by Crippen LogP contribution is 2.08. The molecule has 6 nitrogen and oxygen atoms in total. The Morgan fingerprint density at radius 2 is 2.10 bits per heavy atom. The summed E-state index contributed by atoms with van der Waals surface area (Å²) in [4.78, 5) is 23.9. The maximum atomic E-state index is 12.0. The molecule has 0 radical (unpaired) electrons. The van der Waals surface area contributed by atoms with Crippen LogP contribution in [0.15, 0.2) is 27.7 Å². The molecule has 1 amide bonds. The lowest BCUT2D eigenvalue weighted by Gasteiger charge is -2.08. The second-order valence-electron chi connectivity index (χ2n) is 4.65. The Balaban J connectivity index is 2.17. The van der Waals surface area contributed by atoms with Gasteiger partial charge in [0.15, 0.2) is 0 Å². The molecule has 0 unspecified atom stereocenters. The van der Waals surface area contributed by atoms with Crippen LogP contribution in [-0.4, -0.2) is 20.3 Å². The molecule has 2 rings (SSSR count). The molecule has 2 aromatic heterocycles. The SMILES string of the molecule is Cc1cc(C)n(CC(=O)Nc2cn(C)cc(Br)c2=O)n1. The molecule has 0 bridgehead atoms. The van der Waals surface area contributed by atoms with Gasteiger partial charge in [-0.15, -0.1) is 0 Å². The highest BCUT2D eigenvalue weighted by atomic mass is 79.9. The Hall–Kier alpha value is -1.89. The Morgan fingerprint density at radius 3 is 2.70 bits per heavy atom. The molecule has 106 valence electrons. The van der Waals surface area contributed by atoms with Gasteiger partial charge in [-0.05, 0) is 35.8 Å². The first kappa shape index (κ1) is 14.5. The summed E-state index contributed by atoms with van der Waals surface area (Å²) in [6.45, 7) is 3.83. The summed E-state index contributed by atoms with van der Waals surface area (Å²) in [6, 6.07) is 1.89. The number of nitrogens with zero attached hydrogens (tertiary/aromatic N) is 3. The van der Waals surface area contributed by atoms with E-state index in [9.17, 15) is 9.59 Å². The molecule has 0 saturated carbocycles. The molecule has 2 heterocycles. The van der Waals surface area contributed by atoms with Gasteiger partial charge in [-0.2, -0.15) is 5.10 Å². The van der Waals surface area contributed by atoms with Gasteiger partial charge in [-0.3, -0.25) is 14.3 Å². The number of hydrogen-bond acceptors (Lipinski definition) is 3. The number of aryl methyl sites for hydroxylation is 3. The van der Waals surface area contributed by atoms with Crippen LogP contribution in [0.25, 0.3) is 0 Å². The molecule has 0 aliphatic heterocycles. The van der Waals surface area contributed by atoms with Crippen molar-refractivity contribution < 1.29 is 4.79 Å². The Kier molecular flexibility index (Phi) is 4.08. The van der Waals surface area contributed by atoms with Gasteiger partial charge in [-0.25, -0.2) is 0 Å². The van der Waals surface area contributed by atoms with Crippen molar-refractivity contribution in [1.82, 2.24) is 14.3 Å². The van der Waals surface area contributed by atoms with Crippen LogP contribution in [0.4, 0.5) is 5.69 Å². The van der Waals surface area contributed by atoms with Crippen molar-refractivity contribution in [3.63, 3.8) is 0 Å². The molecule has 0 aliphatic rings. The molecule has 0 fully saturated rings. The van der Waals surface area contributed by atoms with Crippen molar-refractivity contribution in [3.05, 3.63) is 44.5 Å². The second-order valence-corrected chi connectivity index (χ2v) is 5.50. The molecule has 2 aromatic rings. The summed E-state index contributed by atoms with van der Waals surface area (Å²) in [7, 11) is 1.78. The molecule has 1 N–H and O–H groups in total. The third-order valence-corrected chi connectivity index (χ3v) is 3.35. The Bertz CT molecular complexity index is 718. The molecule has 7 heteroatoms. The molecule has 20 heavy (non-hydrogen) atoms. The lowest BCUT2D eigenvalue weighted by Crippen LogP contribution is -2.24. The first-order valence-corrected chi connectivity index (χ1v) is 6.83. The van der Waals surface area contributed by atoms with E-state index in [1.54, 1.807) is 28.7 Å². The van der Waals surface area contributed by atoms with E-state index < -0.39 is 0 Å². The summed E-state index contributed by atoms with van der Waals surface area (Å²) in [5, 5.41) is 6.83. The van der Waals surface area contributed by atoms with Gasteiger partial charge in [-0.1, -0.05) is 0 Å². The number of hydrogen-bond donors (Lipinski definition) is 1. The van der Waals surface area contributed by atoms with Gasteiger partial charge in [0.05, 0.1) is 10.2 Å². The highest BCUT2D eigenvalue weighted by molar-refractivity contribution is 9.10. The van der Waals surface area contributed by atoms with Crippen molar-refractivity contribution in [2.75, 3.05) is 5.32 Å². The van der Waals surface area contributed by atoms with Gasteiger partial charge >= 0.3 is 0 Å². The lowest BCUT2D eigenvalue weighted by atomic mass is 10.3. The van der Waals surface area contributed by atoms with Crippen molar-refractivity contribution in [1.29, 1.82) is 0 Å². The average molecular weight is 339 g/mol. The van der Waals surface area contributed by atoms with E-state index in [0.29, 0.717) is 4.47 Å². The van der Waals surface area contributed by atoms with Crippen molar-refractivity contribution in [2.45, 2.75) is 20.4 Å². The van der Waals surface area contributed by atoms with Gasteiger partial charge in [0.25, 0.3) is 0 Å². The zero-order valence-electron chi connectivity index (χ0n) is 11.5.